The highest BCUT2D eigenvalue weighted by atomic mass is 15.2. The van der Waals surface area contributed by atoms with Crippen molar-refractivity contribution in [3.8, 4) is 0 Å². The summed E-state index contributed by atoms with van der Waals surface area (Å²) in [6.45, 7) is 9.52. The van der Waals surface area contributed by atoms with Crippen LogP contribution in [0.4, 0.5) is 0 Å². The molecule has 0 N–H and O–H groups in total. The van der Waals surface area contributed by atoms with Gasteiger partial charge in [0.1, 0.15) is 0 Å². The van der Waals surface area contributed by atoms with Gasteiger partial charge in [0.15, 0.2) is 0 Å². The van der Waals surface area contributed by atoms with Crippen LogP contribution in [0.1, 0.15) is 45.6 Å². The topological polar surface area (TPSA) is 3.24 Å². The molecule has 0 bridgehead atoms. The lowest BCUT2D eigenvalue weighted by atomic mass is 9.96. The quantitative estimate of drug-likeness (QED) is 0.741. The first-order chi connectivity index (χ1) is 8.08. The number of likely N-dealkylation sites (tertiary alicyclic amines) is 1. The largest absolute Gasteiger partial charge is 0.294 e. The fraction of sp³-hybridized carbons (Fsp3) is 0.625. The molecule has 1 heterocycles. The van der Waals surface area contributed by atoms with E-state index in [1.807, 2.05) is 0 Å². The van der Waals surface area contributed by atoms with Crippen molar-refractivity contribution in [1.29, 1.82) is 0 Å². The molecule has 0 aliphatic carbocycles. The standard InChI is InChI=1S/C16H25N/c1-14-8-7-11-16(2,3)17(12-14)13-15-9-5-4-6-10-15/h4-6,9-10,14H,7-8,11-13H2,1-3H3. The number of hydrogen-bond donors (Lipinski definition) is 0. The molecule has 1 aliphatic rings. The molecule has 0 spiro atoms. The van der Waals surface area contributed by atoms with Gasteiger partial charge in [-0.1, -0.05) is 43.7 Å². The summed E-state index contributed by atoms with van der Waals surface area (Å²) in [5.74, 6) is 0.834. The Labute approximate surface area is 106 Å². The normalized spacial score (nSPS) is 25.5. The van der Waals surface area contributed by atoms with Crippen molar-refractivity contribution >= 4 is 0 Å². The van der Waals surface area contributed by atoms with Gasteiger partial charge < -0.3 is 0 Å². The van der Waals surface area contributed by atoms with Gasteiger partial charge in [-0.2, -0.15) is 0 Å². The molecule has 1 unspecified atom stereocenters. The maximum Gasteiger partial charge on any atom is 0.0239 e. The summed E-state index contributed by atoms with van der Waals surface area (Å²) >= 11 is 0. The predicted octanol–water partition coefficient (Wildman–Crippen LogP) is 4.09. The van der Waals surface area contributed by atoms with Gasteiger partial charge in [-0.25, -0.2) is 0 Å². The van der Waals surface area contributed by atoms with Crippen LogP contribution in [-0.2, 0) is 6.54 Å². The van der Waals surface area contributed by atoms with E-state index in [9.17, 15) is 0 Å². The van der Waals surface area contributed by atoms with Crippen molar-refractivity contribution in [2.75, 3.05) is 6.54 Å². The summed E-state index contributed by atoms with van der Waals surface area (Å²) in [7, 11) is 0. The molecule has 94 valence electrons. The van der Waals surface area contributed by atoms with E-state index >= 15 is 0 Å². The molecule has 1 atom stereocenters. The Morgan fingerprint density at radius 2 is 1.94 bits per heavy atom. The summed E-state index contributed by atoms with van der Waals surface area (Å²) in [5, 5.41) is 0. The minimum Gasteiger partial charge on any atom is -0.294 e. The van der Waals surface area contributed by atoms with Crippen LogP contribution in [0.5, 0.6) is 0 Å². The number of nitrogens with zero attached hydrogens (tertiary/aromatic N) is 1. The minimum atomic E-state index is 0.348. The zero-order valence-electron chi connectivity index (χ0n) is 11.4. The van der Waals surface area contributed by atoms with Crippen molar-refractivity contribution in [1.82, 2.24) is 4.90 Å². The third-order valence-electron chi connectivity index (χ3n) is 4.09. The van der Waals surface area contributed by atoms with Crippen LogP contribution in [0.25, 0.3) is 0 Å². The first-order valence-electron chi connectivity index (χ1n) is 6.87. The van der Waals surface area contributed by atoms with Crippen LogP contribution in [-0.4, -0.2) is 17.0 Å². The number of hydrogen-bond acceptors (Lipinski definition) is 1. The highest BCUT2D eigenvalue weighted by Crippen LogP contribution is 2.30. The Morgan fingerprint density at radius 3 is 2.65 bits per heavy atom. The second kappa shape index (κ2) is 5.22. The fourth-order valence-electron chi connectivity index (χ4n) is 2.84. The molecule has 17 heavy (non-hydrogen) atoms. The number of rotatable bonds is 2. The summed E-state index contributed by atoms with van der Waals surface area (Å²) in [5.41, 5.74) is 1.79. The molecule has 1 heteroatoms. The van der Waals surface area contributed by atoms with Crippen molar-refractivity contribution in [2.24, 2.45) is 5.92 Å². The lowest BCUT2D eigenvalue weighted by molar-refractivity contribution is 0.103. The first kappa shape index (κ1) is 12.6. The molecule has 2 rings (SSSR count). The van der Waals surface area contributed by atoms with Gasteiger partial charge in [-0.15, -0.1) is 0 Å². The molecule has 0 saturated carbocycles. The lowest BCUT2D eigenvalue weighted by Gasteiger charge is -2.38. The zero-order chi connectivity index (χ0) is 12.3. The molecule has 0 amide bonds. The zero-order valence-corrected chi connectivity index (χ0v) is 11.4. The molecule has 1 aliphatic heterocycles. The van der Waals surface area contributed by atoms with Gasteiger partial charge in [0.2, 0.25) is 0 Å². The third-order valence-corrected chi connectivity index (χ3v) is 4.09. The van der Waals surface area contributed by atoms with Crippen molar-refractivity contribution in [3.63, 3.8) is 0 Å². The fourth-order valence-corrected chi connectivity index (χ4v) is 2.84. The van der Waals surface area contributed by atoms with E-state index in [1.54, 1.807) is 0 Å². The second-order valence-corrected chi connectivity index (χ2v) is 6.18. The molecule has 1 aromatic rings. The van der Waals surface area contributed by atoms with Crippen molar-refractivity contribution in [2.45, 2.75) is 52.1 Å². The summed E-state index contributed by atoms with van der Waals surface area (Å²) < 4.78 is 0. The van der Waals surface area contributed by atoms with Gasteiger partial charge in [-0.05, 0) is 38.2 Å². The minimum absolute atomic E-state index is 0.348. The molecule has 1 saturated heterocycles. The Hall–Kier alpha value is -0.820. The summed E-state index contributed by atoms with van der Waals surface area (Å²) in [6, 6.07) is 10.9. The molecular formula is C16H25N. The monoisotopic (exact) mass is 231 g/mol. The van der Waals surface area contributed by atoms with Crippen LogP contribution in [0.2, 0.25) is 0 Å². The maximum atomic E-state index is 2.67. The van der Waals surface area contributed by atoms with Gasteiger partial charge in [-0.3, -0.25) is 4.90 Å². The van der Waals surface area contributed by atoms with Crippen molar-refractivity contribution < 1.29 is 0 Å². The Balaban J connectivity index is 2.11. The van der Waals surface area contributed by atoms with E-state index in [1.165, 1.54) is 31.4 Å². The molecule has 0 radical (unpaired) electrons. The molecule has 0 aromatic heterocycles. The summed E-state index contributed by atoms with van der Waals surface area (Å²) in [6.07, 6.45) is 4.08. The Kier molecular flexibility index (Phi) is 3.88. The SMILES string of the molecule is CC1CCCC(C)(C)N(Cc2ccccc2)C1. The summed E-state index contributed by atoms with van der Waals surface area (Å²) in [4.78, 5) is 2.67. The van der Waals surface area contributed by atoms with Gasteiger partial charge in [0.05, 0.1) is 0 Å². The molecule has 1 aromatic carbocycles. The van der Waals surface area contributed by atoms with E-state index in [4.69, 9.17) is 0 Å². The van der Waals surface area contributed by atoms with E-state index in [0.717, 1.165) is 12.5 Å². The maximum absolute atomic E-state index is 2.67. The highest BCUT2D eigenvalue weighted by Gasteiger charge is 2.30. The molecular weight excluding hydrogens is 206 g/mol. The lowest BCUT2D eigenvalue weighted by Crippen LogP contribution is -2.43. The van der Waals surface area contributed by atoms with Gasteiger partial charge >= 0.3 is 0 Å². The predicted molar refractivity (Wildman–Crippen MR) is 73.9 cm³/mol. The van der Waals surface area contributed by atoms with E-state index in [-0.39, 0.29) is 0 Å². The second-order valence-electron chi connectivity index (χ2n) is 6.18. The average Bonchev–Trinajstić information content (AvgIpc) is 2.40. The van der Waals surface area contributed by atoms with Crippen LogP contribution in [0, 0.1) is 5.92 Å². The van der Waals surface area contributed by atoms with Crippen LogP contribution >= 0.6 is 0 Å². The smallest absolute Gasteiger partial charge is 0.0239 e. The Morgan fingerprint density at radius 1 is 1.24 bits per heavy atom. The van der Waals surface area contributed by atoms with Crippen molar-refractivity contribution in [3.05, 3.63) is 35.9 Å². The van der Waals surface area contributed by atoms with E-state index in [2.05, 4.69) is 56.0 Å². The van der Waals surface area contributed by atoms with Gasteiger partial charge in [0, 0.05) is 18.6 Å². The van der Waals surface area contributed by atoms with Gasteiger partial charge in [0.25, 0.3) is 0 Å². The number of benzene rings is 1. The van der Waals surface area contributed by atoms with E-state index in [0.29, 0.717) is 5.54 Å². The average molecular weight is 231 g/mol. The van der Waals surface area contributed by atoms with E-state index < -0.39 is 0 Å². The first-order valence-corrected chi connectivity index (χ1v) is 6.87. The van der Waals surface area contributed by atoms with Crippen LogP contribution in [0.3, 0.4) is 0 Å². The van der Waals surface area contributed by atoms with Crippen LogP contribution in [0.15, 0.2) is 30.3 Å². The molecule has 1 nitrogen and oxygen atoms in total. The highest BCUT2D eigenvalue weighted by molar-refractivity contribution is 5.15. The third kappa shape index (κ3) is 3.32. The Bertz CT molecular complexity index is 342. The van der Waals surface area contributed by atoms with Crippen LogP contribution < -0.4 is 0 Å². The molecule has 1 fully saturated rings.